The Labute approximate surface area is 174 Å². The van der Waals surface area contributed by atoms with Gasteiger partial charge < -0.3 is 0 Å². The monoisotopic (exact) mass is 398 g/mol. The second kappa shape index (κ2) is 7.85. The summed E-state index contributed by atoms with van der Waals surface area (Å²) in [6.45, 7) is 5.02. The van der Waals surface area contributed by atoms with Crippen molar-refractivity contribution < 1.29 is 0 Å². The highest BCUT2D eigenvalue weighted by atomic mass is 32.1. The Morgan fingerprint density at radius 2 is 1.90 bits per heavy atom. The third-order valence-electron chi connectivity index (χ3n) is 5.31. The number of benzene rings is 1. The van der Waals surface area contributed by atoms with Crippen LogP contribution in [0.4, 0.5) is 0 Å². The Kier molecular flexibility index (Phi) is 4.92. The molecule has 0 bridgehead atoms. The zero-order valence-corrected chi connectivity index (χ0v) is 17.2. The molecule has 0 atom stereocenters. The van der Waals surface area contributed by atoms with Crippen LogP contribution < -0.4 is 0 Å². The highest BCUT2D eigenvalue weighted by Gasteiger charge is 2.19. The fraction of sp³-hybridized carbons (Fsp3) is 0.208. The lowest BCUT2D eigenvalue weighted by molar-refractivity contribution is 0.245. The van der Waals surface area contributed by atoms with Crippen LogP contribution in [0.3, 0.4) is 0 Å². The molecule has 4 aromatic rings. The summed E-state index contributed by atoms with van der Waals surface area (Å²) < 4.78 is 0. The van der Waals surface area contributed by atoms with E-state index in [2.05, 4.69) is 58.2 Å². The van der Waals surface area contributed by atoms with Crippen molar-refractivity contribution in [3.63, 3.8) is 0 Å². The molecule has 1 aliphatic heterocycles. The molecule has 0 aliphatic carbocycles. The molecule has 0 spiro atoms. The molecular weight excluding hydrogens is 376 g/mol. The first kappa shape index (κ1) is 18.2. The molecule has 0 fully saturated rings. The third-order valence-corrected chi connectivity index (χ3v) is 6.43. The van der Waals surface area contributed by atoms with Crippen LogP contribution in [0.15, 0.2) is 67.1 Å². The van der Waals surface area contributed by atoms with E-state index in [9.17, 15) is 0 Å². The van der Waals surface area contributed by atoms with Gasteiger partial charge in [-0.3, -0.25) is 9.88 Å². The molecular formula is C24H22N4S. The van der Waals surface area contributed by atoms with Crippen molar-refractivity contribution in [2.75, 3.05) is 6.54 Å². The number of fused-ring (bicyclic) bond motifs is 1. The fourth-order valence-electron chi connectivity index (χ4n) is 3.70. The predicted octanol–water partition coefficient (Wildman–Crippen LogP) is 5.13. The van der Waals surface area contributed by atoms with Crippen LogP contribution in [0.5, 0.6) is 0 Å². The Morgan fingerprint density at radius 3 is 2.72 bits per heavy atom. The average Bonchev–Trinajstić information content (AvgIpc) is 3.23. The maximum Gasteiger partial charge on any atom is 0.160 e. The molecule has 1 aliphatic rings. The predicted molar refractivity (Wildman–Crippen MR) is 118 cm³/mol. The van der Waals surface area contributed by atoms with Crippen LogP contribution in [0.25, 0.3) is 21.8 Å². The van der Waals surface area contributed by atoms with Crippen molar-refractivity contribution in [1.82, 2.24) is 19.9 Å². The highest BCUT2D eigenvalue weighted by Crippen LogP contribution is 2.30. The summed E-state index contributed by atoms with van der Waals surface area (Å²) in [5.41, 5.74) is 5.97. The van der Waals surface area contributed by atoms with E-state index in [0.717, 1.165) is 37.4 Å². The van der Waals surface area contributed by atoms with Gasteiger partial charge in [-0.2, -0.15) is 0 Å². The summed E-state index contributed by atoms with van der Waals surface area (Å²) in [7, 11) is 0. The second-order valence-corrected chi connectivity index (χ2v) is 8.67. The number of pyridine rings is 1. The summed E-state index contributed by atoms with van der Waals surface area (Å²) in [6, 6.07) is 17.2. The van der Waals surface area contributed by atoms with Gasteiger partial charge in [0.2, 0.25) is 0 Å². The SMILES string of the molecule is Cc1ccc(-c2ccc(CN3CCc4nc(-c5cccnc5)ncc4C3)s2)cc1. The van der Waals surface area contributed by atoms with Crippen LogP contribution >= 0.6 is 11.3 Å². The topological polar surface area (TPSA) is 41.9 Å². The van der Waals surface area contributed by atoms with Crippen LogP contribution in [-0.2, 0) is 19.5 Å². The summed E-state index contributed by atoms with van der Waals surface area (Å²) >= 11 is 1.89. The molecule has 0 N–H and O–H groups in total. The maximum absolute atomic E-state index is 4.80. The molecule has 4 heterocycles. The van der Waals surface area contributed by atoms with Gasteiger partial charge in [-0.15, -0.1) is 11.3 Å². The van der Waals surface area contributed by atoms with Gasteiger partial charge in [-0.25, -0.2) is 9.97 Å². The minimum Gasteiger partial charge on any atom is -0.293 e. The van der Waals surface area contributed by atoms with E-state index in [4.69, 9.17) is 4.98 Å². The van der Waals surface area contributed by atoms with Gasteiger partial charge in [-0.05, 0) is 36.8 Å². The zero-order chi connectivity index (χ0) is 19.6. The number of thiophene rings is 1. The van der Waals surface area contributed by atoms with Crippen LogP contribution in [0, 0.1) is 6.92 Å². The lowest BCUT2D eigenvalue weighted by atomic mass is 10.1. The maximum atomic E-state index is 4.80. The van der Waals surface area contributed by atoms with E-state index in [1.165, 1.54) is 32.1 Å². The molecule has 5 heteroatoms. The Hall–Kier alpha value is -2.89. The third kappa shape index (κ3) is 3.97. The van der Waals surface area contributed by atoms with E-state index in [1.54, 1.807) is 6.20 Å². The minimum absolute atomic E-state index is 0.770. The molecule has 0 radical (unpaired) electrons. The number of hydrogen-bond acceptors (Lipinski definition) is 5. The molecule has 1 aromatic carbocycles. The minimum atomic E-state index is 0.770. The van der Waals surface area contributed by atoms with Gasteiger partial charge in [0.05, 0.1) is 5.69 Å². The van der Waals surface area contributed by atoms with E-state index >= 15 is 0 Å². The second-order valence-electron chi connectivity index (χ2n) is 7.50. The van der Waals surface area contributed by atoms with Gasteiger partial charge >= 0.3 is 0 Å². The van der Waals surface area contributed by atoms with Gasteiger partial charge in [-0.1, -0.05) is 29.8 Å². The molecule has 0 saturated heterocycles. The summed E-state index contributed by atoms with van der Waals surface area (Å²) in [4.78, 5) is 18.8. The Morgan fingerprint density at radius 1 is 1.00 bits per heavy atom. The largest absolute Gasteiger partial charge is 0.293 e. The Balaban J connectivity index is 1.29. The first-order valence-corrected chi connectivity index (χ1v) is 10.7. The molecule has 0 unspecified atom stereocenters. The molecule has 29 heavy (non-hydrogen) atoms. The quantitative estimate of drug-likeness (QED) is 0.478. The highest BCUT2D eigenvalue weighted by molar-refractivity contribution is 7.15. The van der Waals surface area contributed by atoms with E-state index < -0.39 is 0 Å². The normalized spacial score (nSPS) is 14.0. The molecule has 144 valence electrons. The molecule has 4 nitrogen and oxygen atoms in total. The van der Waals surface area contributed by atoms with Crippen LogP contribution in [0.2, 0.25) is 0 Å². The summed E-state index contributed by atoms with van der Waals surface area (Å²) in [5, 5.41) is 0. The van der Waals surface area contributed by atoms with Crippen LogP contribution in [0.1, 0.15) is 21.7 Å². The first-order chi connectivity index (χ1) is 14.2. The van der Waals surface area contributed by atoms with Crippen molar-refractivity contribution in [3.05, 3.63) is 88.8 Å². The van der Waals surface area contributed by atoms with E-state index in [0.29, 0.717) is 0 Å². The van der Waals surface area contributed by atoms with Crippen molar-refractivity contribution in [2.24, 2.45) is 0 Å². The lowest BCUT2D eigenvalue weighted by Gasteiger charge is -2.27. The number of hydrogen-bond donors (Lipinski definition) is 0. The van der Waals surface area contributed by atoms with Gasteiger partial charge in [0.25, 0.3) is 0 Å². The fourth-order valence-corrected chi connectivity index (χ4v) is 4.76. The van der Waals surface area contributed by atoms with E-state index in [1.807, 2.05) is 35.9 Å². The van der Waals surface area contributed by atoms with Crippen molar-refractivity contribution in [3.8, 4) is 21.8 Å². The Bertz CT molecular complexity index is 1120. The molecule has 3 aromatic heterocycles. The van der Waals surface area contributed by atoms with Gasteiger partial charge in [0, 0.05) is 65.5 Å². The molecule has 0 saturated carbocycles. The van der Waals surface area contributed by atoms with Crippen molar-refractivity contribution >= 4 is 11.3 Å². The van der Waals surface area contributed by atoms with Crippen molar-refractivity contribution in [2.45, 2.75) is 26.4 Å². The standard InChI is InChI=1S/C24H22N4S/c1-17-4-6-18(7-5-17)23-9-8-21(29-23)16-28-12-10-22-20(15-28)14-26-24(27-22)19-3-2-11-25-13-19/h2-9,11,13-14H,10,12,15-16H2,1H3. The first-order valence-electron chi connectivity index (χ1n) is 9.88. The number of rotatable bonds is 4. The number of nitrogens with zero attached hydrogens (tertiary/aromatic N) is 4. The van der Waals surface area contributed by atoms with Crippen molar-refractivity contribution in [1.29, 1.82) is 0 Å². The van der Waals surface area contributed by atoms with Crippen LogP contribution in [-0.4, -0.2) is 26.4 Å². The average molecular weight is 399 g/mol. The lowest BCUT2D eigenvalue weighted by Crippen LogP contribution is -2.30. The van der Waals surface area contributed by atoms with Gasteiger partial charge in [0.1, 0.15) is 0 Å². The zero-order valence-electron chi connectivity index (χ0n) is 16.4. The molecule has 5 rings (SSSR count). The summed E-state index contributed by atoms with van der Waals surface area (Å²) in [6.07, 6.45) is 6.54. The smallest absolute Gasteiger partial charge is 0.160 e. The number of aromatic nitrogens is 3. The van der Waals surface area contributed by atoms with Gasteiger partial charge in [0.15, 0.2) is 5.82 Å². The summed E-state index contributed by atoms with van der Waals surface area (Å²) in [5.74, 6) is 0.770. The van der Waals surface area contributed by atoms with E-state index in [-0.39, 0.29) is 0 Å². The number of aryl methyl sites for hydroxylation is 1. The molecule has 0 amide bonds.